The highest BCUT2D eigenvalue weighted by molar-refractivity contribution is 7.91. The van der Waals surface area contributed by atoms with Crippen molar-refractivity contribution in [2.45, 2.75) is 37.8 Å². The molecule has 0 saturated heterocycles. The molecule has 9 heteroatoms. The van der Waals surface area contributed by atoms with E-state index in [1.54, 1.807) is 0 Å². The average molecular weight is 387 g/mol. The molecule has 0 spiro atoms. The van der Waals surface area contributed by atoms with Crippen LogP contribution in [0.3, 0.4) is 0 Å². The molecule has 1 heterocycles. The molecular weight excluding hydrogens is 370 g/mol. The summed E-state index contributed by atoms with van der Waals surface area (Å²) in [6.07, 6.45) is 1.03. The summed E-state index contributed by atoms with van der Waals surface area (Å²) >= 11 is -2.33. The molecule has 0 saturated carbocycles. The maximum absolute atomic E-state index is 14.3. The highest BCUT2D eigenvalue weighted by Crippen LogP contribution is 2.30. The Hall–Kier alpha value is -2.00. The first-order valence-corrected chi connectivity index (χ1v) is 9.12. The normalized spacial score (nSPS) is 13.7. The van der Waals surface area contributed by atoms with Crippen molar-refractivity contribution >= 4 is 22.6 Å². The number of aliphatic imine (C=N–C) groups is 1. The van der Waals surface area contributed by atoms with Gasteiger partial charge in [-0.15, -0.1) is 0 Å². The van der Waals surface area contributed by atoms with Crippen LogP contribution in [-0.4, -0.2) is 32.2 Å². The molecule has 0 bridgehead atoms. The van der Waals surface area contributed by atoms with E-state index in [-0.39, 0.29) is 16.1 Å². The van der Waals surface area contributed by atoms with E-state index in [0.717, 1.165) is 12.1 Å². The Morgan fingerprint density at radius 3 is 2.58 bits per heavy atom. The second kappa shape index (κ2) is 8.59. The smallest absolute Gasteiger partial charge is 0.433 e. The lowest BCUT2D eigenvalue weighted by Crippen LogP contribution is -2.23. The fraction of sp³-hybridized carbons (Fsp3) is 0.353. The predicted octanol–water partition coefficient (Wildman–Crippen LogP) is 4.51. The van der Waals surface area contributed by atoms with Gasteiger partial charge in [0.2, 0.25) is 5.75 Å². The van der Waals surface area contributed by atoms with E-state index in [0.29, 0.717) is 24.2 Å². The Kier molecular flexibility index (Phi) is 6.71. The zero-order chi connectivity index (χ0) is 19.3. The van der Waals surface area contributed by atoms with Gasteiger partial charge in [0.1, 0.15) is 17.2 Å². The molecule has 4 nitrogen and oxygen atoms in total. The molecule has 0 radical (unpaired) electrons. The van der Waals surface area contributed by atoms with E-state index in [4.69, 9.17) is 0 Å². The summed E-state index contributed by atoms with van der Waals surface area (Å²) in [5, 5.41) is 0. The number of aryl methyl sites for hydroxylation is 1. The van der Waals surface area contributed by atoms with Gasteiger partial charge >= 0.3 is 6.18 Å². The first-order valence-electron chi connectivity index (χ1n) is 7.80. The molecule has 140 valence electrons. The van der Waals surface area contributed by atoms with E-state index in [1.807, 2.05) is 6.92 Å². The quantitative estimate of drug-likeness (QED) is 0.416. The molecule has 0 N–H and O–H groups in total. The SMILES string of the molecule is CCC/C(=N\c1cc([S+]([O-])CC(F)(F)F)c(C)cc1F)c1cnccn1. The number of aromatic nitrogens is 2. The maximum Gasteiger partial charge on any atom is 0.433 e. The zero-order valence-corrected chi connectivity index (χ0v) is 15.0. The lowest BCUT2D eigenvalue weighted by atomic mass is 10.1. The number of nitrogens with zero attached hydrogens (tertiary/aromatic N) is 3. The third kappa shape index (κ3) is 5.50. The Labute approximate surface area is 151 Å². The predicted molar refractivity (Wildman–Crippen MR) is 91.6 cm³/mol. The lowest BCUT2D eigenvalue weighted by molar-refractivity contribution is -0.106. The van der Waals surface area contributed by atoms with Crippen molar-refractivity contribution < 1.29 is 22.1 Å². The Balaban J connectivity index is 2.46. The molecule has 1 aromatic heterocycles. The van der Waals surface area contributed by atoms with Crippen molar-refractivity contribution in [3.05, 3.63) is 47.8 Å². The largest absolute Gasteiger partial charge is 0.611 e. The van der Waals surface area contributed by atoms with Crippen LogP contribution in [0.25, 0.3) is 0 Å². The zero-order valence-electron chi connectivity index (χ0n) is 14.2. The molecule has 26 heavy (non-hydrogen) atoms. The minimum Gasteiger partial charge on any atom is -0.611 e. The van der Waals surface area contributed by atoms with Gasteiger partial charge < -0.3 is 4.55 Å². The first-order chi connectivity index (χ1) is 12.2. The van der Waals surface area contributed by atoms with Crippen molar-refractivity contribution in [2.24, 2.45) is 4.99 Å². The van der Waals surface area contributed by atoms with Crippen LogP contribution in [0.5, 0.6) is 0 Å². The van der Waals surface area contributed by atoms with Crippen molar-refractivity contribution in [3.8, 4) is 0 Å². The van der Waals surface area contributed by atoms with Gasteiger partial charge in [0, 0.05) is 24.0 Å². The van der Waals surface area contributed by atoms with Gasteiger partial charge in [-0.05, 0) is 30.6 Å². The lowest BCUT2D eigenvalue weighted by Gasteiger charge is -2.15. The van der Waals surface area contributed by atoms with Gasteiger partial charge in [0.15, 0.2) is 4.90 Å². The number of benzene rings is 1. The molecule has 0 aliphatic rings. The number of halogens is 4. The van der Waals surface area contributed by atoms with Crippen molar-refractivity contribution in [2.75, 3.05) is 5.75 Å². The summed E-state index contributed by atoms with van der Waals surface area (Å²) in [4.78, 5) is 12.2. The van der Waals surface area contributed by atoms with Crippen LogP contribution in [0.1, 0.15) is 31.0 Å². The van der Waals surface area contributed by atoms with E-state index >= 15 is 0 Å². The third-order valence-electron chi connectivity index (χ3n) is 3.39. The monoisotopic (exact) mass is 387 g/mol. The molecule has 1 atom stereocenters. The van der Waals surface area contributed by atoms with Crippen LogP contribution in [0.4, 0.5) is 23.2 Å². The Bertz CT molecular complexity index is 782. The standard InChI is InChI=1S/C17H17F4N3OS/c1-3-4-13(15-9-22-5-6-23-15)24-14-8-16(11(2)7-12(14)18)26(25)10-17(19,20)21/h5-9H,3-4,10H2,1-2H3/b24-13+. The van der Waals surface area contributed by atoms with Gasteiger partial charge in [-0.25, -0.2) is 9.38 Å². The van der Waals surface area contributed by atoms with E-state index in [9.17, 15) is 22.1 Å². The summed E-state index contributed by atoms with van der Waals surface area (Å²) in [6, 6.07) is 2.15. The molecule has 2 rings (SSSR count). The molecular formula is C17H17F4N3OS. The fourth-order valence-corrected chi connectivity index (χ4v) is 3.38. The number of hydrogen-bond acceptors (Lipinski definition) is 4. The van der Waals surface area contributed by atoms with Gasteiger partial charge in [0.25, 0.3) is 0 Å². The molecule has 2 aromatic rings. The van der Waals surface area contributed by atoms with Crippen LogP contribution in [0.15, 0.2) is 40.6 Å². The van der Waals surface area contributed by atoms with Crippen LogP contribution >= 0.6 is 0 Å². The first kappa shape index (κ1) is 20.3. The third-order valence-corrected chi connectivity index (χ3v) is 4.91. The van der Waals surface area contributed by atoms with E-state index < -0.39 is 28.9 Å². The van der Waals surface area contributed by atoms with Crippen LogP contribution in [-0.2, 0) is 11.2 Å². The van der Waals surface area contributed by atoms with Gasteiger partial charge in [-0.2, -0.15) is 13.2 Å². The van der Waals surface area contributed by atoms with Crippen LogP contribution in [0.2, 0.25) is 0 Å². The van der Waals surface area contributed by atoms with Crippen molar-refractivity contribution in [3.63, 3.8) is 0 Å². The fourth-order valence-electron chi connectivity index (χ4n) is 2.27. The van der Waals surface area contributed by atoms with Crippen LogP contribution in [0, 0.1) is 12.7 Å². The molecule has 0 fully saturated rings. The van der Waals surface area contributed by atoms with Gasteiger partial charge in [0.05, 0.1) is 11.9 Å². The number of hydrogen-bond donors (Lipinski definition) is 0. The average Bonchev–Trinajstić information content (AvgIpc) is 2.55. The molecule has 1 unspecified atom stereocenters. The van der Waals surface area contributed by atoms with Crippen LogP contribution < -0.4 is 0 Å². The van der Waals surface area contributed by atoms with Gasteiger partial charge in [-0.1, -0.05) is 13.3 Å². The summed E-state index contributed by atoms with van der Waals surface area (Å²) in [7, 11) is 0. The minimum absolute atomic E-state index is 0.0857. The second-order valence-electron chi connectivity index (χ2n) is 5.57. The number of rotatable bonds is 6. The summed E-state index contributed by atoms with van der Waals surface area (Å²) in [6.45, 7) is 3.32. The Morgan fingerprint density at radius 2 is 2.00 bits per heavy atom. The highest BCUT2D eigenvalue weighted by atomic mass is 32.2. The number of alkyl halides is 3. The molecule has 0 aliphatic carbocycles. The minimum atomic E-state index is -4.58. The van der Waals surface area contributed by atoms with E-state index in [1.165, 1.54) is 25.5 Å². The van der Waals surface area contributed by atoms with Crippen molar-refractivity contribution in [1.29, 1.82) is 0 Å². The van der Waals surface area contributed by atoms with Crippen molar-refractivity contribution in [1.82, 2.24) is 9.97 Å². The topological polar surface area (TPSA) is 61.2 Å². The Morgan fingerprint density at radius 1 is 1.27 bits per heavy atom. The molecule has 1 aromatic carbocycles. The summed E-state index contributed by atoms with van der Waals surface area (Å²) in [5.41, 5.74) is 0.916. The van der Waals surface area contributed by atoms with E-state index in [2.05, 4.69) is 15.0 Å². The summed E-state index contributed by atoms with van der Waals surface area (Å²) < 4.78 is 63.9. The molecule has 0 aliphatic heterocycles. The second-order valence-corrected chi connectivity index (χ2v) is 6.99. The van der Waals surface area contributed by atoms with Gasteiger partial charge in [-0.3, -0.25) is 9.97 Å². The molecule has 0 amide bonds. The highest BCUT2D eigenvalue weighted by Gasteiger charge is 2.36. The maximum atomic E-state index is 14.3. The summed E-state index contributed by atoms with van der Waals surface area (Å²) in [5.74, 6) is -2.19.